The van der Waals surface area contributed by atoms with E-state index in [1.54, 1.807) is 0 Å². The van der Waals surface area contributed by atoms with Crippen LogP contribution in [0.4, 0.5) is 0 Å². The van der Waals surface area contributed by atoms with Crippen LogP contribution in [0.1, 0.15) is 19.8 Å². The first kappa shape index (κ1) is 17.0. The monoisotopic (exact) mass is 288 g/mol. The Morgan fingerprint density at radius 1 is 0.895 bits per heavy atom. The molecule has 0 saturated carbocycles. The van der Waals surface area contributed by atoms with Crippen LogP contribution in [0.15, 0.2) is 0 Å². The molecule has 0 amide bonds. The predicted octanol–water partition coefficient (Wildman–Crippen LogP) is 0.833. The summed E-state index contributed by atoms with van der Waals surface area (Å²) in [6, 6.07) is 0. The van der Waals surface area contributed by atoms with Gasteiger partial charge in [0.25, 0.3) is 0 Å². The molecule has 19 heavy (non-hydrogen) atoms. The highest BCUT2D eigenvalue weighted by atomic mass is 31.1. The molecule has 0 radical (unpaired) electrons. The number of hydrogen-bond acceptors (Lipinski definition) is 5. The number of likely N-dealkylation sites (N-methyl/N-ethyl adjacent to an activating group) is 1. The zero-order chi connectivity index (χ0) is 13.8. The van der Waals surface area contributed by atoms with Gasteiger partial charge in [-0.2, -0.15) is 0 Å². The highest BCUT2D eigenvalue weighted by molar-refractivity contribution is 7.23. The number of nitrogens with one attached hydrogen (secondary N) is 2. The van der Waals surface area contributed by atoms with Crippen LogP contribution in [-0.4, -0.2) is 75.0 Å². The van der Waals surface area contributed by atoms with Gasteiger partial charge >= 0.3 is 0 Å². The Kier molecular flexibility index (Phi) is 10.5. The normalized spacial score (nSPS) is 23.2. The van der Waals surface area contributed by atoms with E-state index < -0.39 is 0 Å². The van der Waals surface area contributed by atoms with Crippen molar-refractivity contribution >= 4 is 8.46 Å². The molecular weight excluding hydrogens is 259 g/mol. The Bertz CT molecular complexity index is 215. The second kappa shape index (κ2) is 11.7. The van der Waals surface area contributed by atoms with E-state index in [0.717, 1.165) is 58.8 Å². The van der Waals surface area contributed by atoms with Crippen LogP contribution in [-0.2, 0) is 4.57 Å². The van der Waals surface area contributed by atoms with Crippen LogP contribution < -0.4 is 10.6 Å². The van der Waals surface area contributed by atoms with Gasteiger partial charge in [-0.1, -0.05) is 6.92 Å². The standard InChI is InChI=1S/C13H29N4OP/c1-2-16-9-3-5-15-8-12-17(13-19-18)10-4-6-14-7-11-16/h14-15H,2-13H2,1H3. The molecule has 5 nitrogen and oxygen atoms in total. The summed E-state index contributed by atoms with van der Waals surface area (Å²) in [5.74, 6) is 0. The summed E-state index contributed by atoms with van der Waals surface area (Å²) in [5.41, 5.74) is 0. The molecule has 0 bridgehead atoms. The molecule has 1 rings (SSSR count). The van der Waals surface area contributed by atoms with Gasteiger partial charge in [0.1, 0.15) is 0 Å². The average Bonchev–Trinajstić information content (AvgIpc) is 2.43. The second-order valence-corrected chi connectivity index (χ2v) is 5.57. The van der Waals surface area contributed by atoms with Gasteiger partial charge < -0.3 is 15.5 Å². The van der Waals surface area contributed by atoms with Crippen molar-refractivity contribution in [1.82, 2.24) is 20.4 Å². The average molecular weight is 288 g/mol. The van der Waals surface area contributed by atoms with E-state index in [1.165, 1.54) is 13.0 Å². The van der Waals surface area contributed by atoms with E-state index in [-0.39, 0.29) is 8.46 Å². The lowest BCUT2D eigenvalue weighted by molar-refractivity contribution is 0.270. The Morgan fingerprint density at radius 3 is 2.05 bits per heavy atom. The molecule has 0 aliphatic carbocycles. The lowest BCUT2D eigenvalue weighted by Crippen LogP contribution is -2.38. The second-order valence-electron chi connectivity index (χ2n) is 5.03. The maximum absolute atomic E-state index is 10.7. The Morgan fingerprint density at radius 2 is 1.47 bits per heavy atom. The van der Waals surface area contributed by atoms with Crippen molar-refractivity contribution < 1.29 is 4.57 Å². The zero-order valence-electron chi connectivity index (χ0n) is 12.2. The van der Waals surface area contributed by atoms with Crippen LogP contribution in [0.5, 0.6) is 0 Å². The SMILES string of the molecule is CCN1CCCNCCN(CP=O)CCCNCC1. The zero-order valence-corrected chi connectivity index (χ0v) is 13.1. The summed E-state index contributed by atoms with van der Waals surface area (Å²) >= 11 is 0. The minimum atomic E-state index is 0.234. The van der Waals surface area contributed by atoms with Crippen LogP contribution in [0.3, 0.4) is 0 Å². The van der Waals surface area contributed by atoms with Crippen molar-refractivity contribution in [2.75, 3.05) is 65.2 Å². The largest absolute Gasteiger partial charge is 0.315 e. The third-order valence-corrected chi connectivity index (χ3v) is 4.09. The molecule has 1 aliphatic heterocycles. The lowest BCUT2D eigenvalue weighted by Gasteiger charge is -2.23. The molecule has 1 fully saturated rings. The topological polar surface area (TPSA) is 47.6 Å². The van der Waals surface area contributed by atoms with Crippen LogP contribution in [0.2, 0.25) is 0 Å². The lowest BCUT2D eigenvalue weighted by atomic mass is 10.3. The van der Waals surface area contributed by atoms with Crippen LogP contribution >= 0.6 is 8.46 Å². The first-order chi connectivity index (χ1) is 9.36. The van der Waals surface area contributed by atoms with Crippen molar-refractivity contribution in [3.63, 3.8) is 0 Å². The van der Waals surface area contributed by atoms with Crippen molar-refractivity contribution in [3.05, 3.63) is 0 Å². The van der Waals surface area contributed by atoms with Gasteiger partial charge in [0.15, 0.2) is 8.46 Å². The fourth-order valence-electron chi connectivity index (χ4n) is 2.34. The quantitative estimate of drug-likeness (QED) is 0.754. The highest BCUT2D eigenvalue weighted by Crippen LogP contribution is 2.00. The first-order valence-electron chi connectivity index (χ1n) is 7.52. The van der Waals surface area contributed by atoms with Gasteiger partial charge in [0.2, 0.25) is 0 Å². The molecule has 2 N–H and O–H groups in total. The summed E-state index contributed by atoms with van der Waals surface area (Å²) in [6.45, 7) is 11.9. The Balaban J connectivity index is 2.30. The van der Waals surface area contributed by atoms with Gasteiger partial charge in [0.05, 0.1) is 6.29 Å². The van der Waals surface area contributed by atoms with E-state index in [1.807, 2.05) is 0 Å². The number of nitrogens with zero attached hydrogens (tertiary/aromatic N) is 2. The Labute approximate surface area is 119 Å². The van der Waals surface area contributed by atoms with Crippen molar-refractivity contribution in [2.24, 2.45) is 0 Å². The summed E-state index contributed by atoms with van der Waals surface area (Å²) in [5, 5.41) is 6.99. The van der Waals surface area contributed by atoms with E-state index in [2.05, 4.69) is 27.4 Å². The molecule has 6 heteroatoms. The molecule has 1 saturated heterocycles. The van der Waals surface area contributed by atoms with Crippen molar-refractivity contribution in [2.45, 2.75) is 19.8 Å². The molecule has 0 aromatic rings. The van der Waals surface area contributed by atoms with Gasteiger partial charge in [-0.25, -0.2) is 0 Å². The fraction of sp³-hybridized carbons (Fsp3) is 1.00. The third kappa shape index (κ3) is 8.66. The molecule has 0 spiro atoms. The molecule has 0 aromatic heterocycles. The van der Waals surface area contributed by atoms with Crippen LogP contribution in [0, 0.1) is 0 Å². The predicted molar refractivity (Wildman–Crippen MR) is 81.1 cm³/mol. The first-order valence-corrected chi connectivity index (χ1v) is 8.52. The maximum atomic E-state index is 10.7. The van der Waals surface area contributed by atoms with Gasteiger partial charge in [-0.05, 0) is 39.0 Å². The van der Waals surface area contributed by atoms with Gasteiger partial charge in [0, 0.05) is 32.7 Å². The molecule has 0 atom stereocenters. The molecule has 112 valence electrons. The number of hydrogen-bond donors (Lipinski definition) is 2. The van der Waals surface area contributed by atoms with Crippen LogP contribution in [0.25, 0.3) is 0 Å². The molecule has 1 heterocycles. The molecule has 0 unspecified atom stereocenters. The summed E-state index contributed by atoms with van der Waals surface area (Å²) in [4.78, 5) is 4.77. The summed E-state index contributed by atoms with van der Waals surface area (Å²) in [7, 11) is 0.234. The summed E-state index contributed by atoms with van der Waals surface area (Å²) < 4.78 is 10.7. The van der Waals surface area contributed by atoms with E-state index >= 15 is 0 Å². The molecule has 1 aliphatic rings. The van der Waals surface area contributed by atoms with Crippen molar-refractivity contribution in [1.29, 1.82) is 0 Å². The third-order valence-electron chi connectivity index (χ3n) is 3.57. The fourth-order valence-corrected chi connectivity index (χ4v) is 2.79. The highest BCUT2D eigenvalue weighted by Gasteiger charge is 2.06. The van der Waals surface area contributed by atoms with E-state index in [9.17, 15) is 4.57 Å². The smallest absolute Gasteiger partial charge is 0.170 e. The van der Waals surface area contributed by atoms with E-state index in [4.69, 9.17) is 0 Å². The maximum Gasteiger partial charge on any atom is 0.170 e. The van der Waals surface area contributed by atoms with Gasteiger partial charge in [-0.3, -0.25) is 9.46 Å². The van der Waals surface area contributed by atoms with Crippen molar-refractivity contribution in [3.8, 4) is 0 Å². The minimum Gasteiger partial charge on any atom is -0.315 e. The van der Waals surface area contributed by atoms with E-state index in [0.29, 0.717) is 6.29 Å². The van der Waals surface area contributed by atoms with Gasteiger partial charge in [-0.15, -0.1) is 0 Å². The minimum absolute atomic E-state index is 0.234. The molecular formula is C13H29N4OP. The number of rotatable bonds is 3. The Hall–Kier alpha value is -0.0600. The molecule has 0 aromatic carbocycles. The summed E-state index contributed by atoms with van der Waals surface area (Å²) in [6.07, 6.45) is 2.99.